The minimum atomic E-state index is -1.01. The molecule has 7 nitrogen and oxygen atoms in total. The zero-order chi connectivity index (χ0) is 24.4. The van der Waals surface area contributed by atoms with Crippen molar-refractivity contribution in [2.75, 3.05) is 0 Å². The highest BCUT2D eigenvalue weighted by atomic mass is 35.5. The van der Waals surface area contributed by atoms with Gasteiger partial charge in [-0.2, -0.15) is 4.68 Å². The van der Waals surface area contributed by atoms with E-state index >= 15 is 0 Å². The average Bonchev–Trinajstić information content (AvgIpc) is 3.07. The van der Waals surface area contributed by atoms with Crippen LogP contribution in [0.4, 0.5) is 0 Å². The van der Waals surface area contributed by atoms with Gasteiger partial charge in [0.2, 0.25) is 5.89 Å². The quantitative estimate of drug-likeness (QED) is 0.496. The van der Waals surface area contributed by atoms with Crippen molar-refractivity contribution < 1.29 is 19.1 Å². The lowest BCUT2D eigenvalue weighted by atomic mass is 10.1. The molecule has 3 rings (SSSR count). The molecule has 1 heterocycles. The van der Waals surface area contributed by atoms with Crippen LogP contribution in [0.5, 0.6) is 5.75 Å². The van der Waals surface area contributed by atoms with Crippen LogP contribution < -0.4 is 10.5 Å². The molecule has 2 aromatic rings. The van der Waals surface area contributed by atoms with E-state index in [0.29, 0.717) is 41.1 Å². The van der Waals surface area contributed by atoms with E-state index in [1.807, 2.05) is 32.1 Å². The first kappa shape index (κ1) is 26.5. The van der Waals surface area contributed by atoms with Gasteiger partial charge in [-0.3, -0.25) is 0 Å². The third kappa shape index (κ3) is 8.26. The van der Waals surface area contributed by atoms with Crippen LogP contribution in [0.1, 0.15) is 45.1 Å². The van der Waals surface area contributed by atoms with Crippen molar-refractivity contribution in [2.24, 2.45) is 0 Å². The number of ether oxygens (including phenoxy) is 1. The second-order valence-corrected chi connectivity index (χ2v) is 7.93. The Kier molecular flexibility index (Phi) is 10.5. The molecule has 1 aliphatic rings. The first-order valence-corrected chi connectivity index (χ1v) is 11.5. The number of hydrogen-bond acceptors (Lipinski definition) is 5. The molecule has 9 heteroatoms. The maximum atomic E-state index is 12.1. The van der Waals surface area contributed by atoms with E-state index in [4.69, 9.17) is 37.5 Å². The van der Waals surface area contributed by atoms with Crippen molar-refractivity contribution in [1.82, 2.24) is 9.78 Å². The van der Waals surface area contributed by atoms with Gasteiger partial charge in [0.25, 0.3) is 0 Å². The Morgan fingerprint density at radius 2 is 1.88 bits per heavy atom. The molecular weight excluding hydrogens is 467 g/mol. The monoisotopic (exact) mass is 494 g/mol. The fourth-order valence-corrected chi connectivity index (χ4v) is 3.23. The summed E-state index contributed by atoms with van der Waals surface area (Å²) in [5.74, 6) is -0.625. The van der Waals surface area contributed by atoms with Crippen LogP contribution in [0.25, 0.3) is 0 Å². The van der Waals surface area contributed by atoms with Crippen LogP contribution >= 0.6 is 23.2 Å². The lowest BCUT2D eigenvalue weighted by Gasteiger charge is -2.10. The van der Waals surface area contributed by atoms with Crippen molar-refractivity contribution in [1.29, 1.82) is 0 Å². The summed E-state index contributed by atoms with van der Waals surface area (Å²) in [5, 5.41) is 14.1. The Labute approximate surface area is 203 Å². The fourth-order valence-electron chi connectivity index (χ4n) is 2.95. The zero-order valence-corrected chi connectivity index (χ0v) is 20.4. The summed E-state index contributed by atoms with van der Waals surface area (Å²) in [4.78, 5) is 22.9. The van der Waals surface area contributed by atoms with Crippen molar-refractivity contribution in [2.45, 2.75) is 59.1 Å². The summed E-state index contributed by atoms with van der Waals surface area (Å²) in [6.45, 7) is 5.78. The lowest BCUT2D eigenvalue weighted by Crippen LogP contribution is -2.22. The number of benzene rings is 1. The first-order chi connectivity index (χ1) is 15.8. The number of halogens is 2. The number of aromatic nitrogens is 2. The highest BCUT2D eigenvalue weighted by Crippen LogP contribution is 2.24. The van der Waals surface area contributed by atoms with Gasteiger partial charge in [-0.15, -0.1) is 5.10 Å². The van der Waals surface area contributed by atoms with E-state index in [0.717, 1.165) is 24.0 Å². The Balaban J connectivity index is 0.00000187. The SMILES string of the molecule is CC.CC(Oc1ccc(CCCc2nn(CC3=CC=C(Cl)C(Cl)=CC3)c(=O)o2)cc1)C(=O)O. The van der Waals surface area contributed by atoms with Gasteiger partial charge < -0.3 is 14.3 Å². The van der Waals surface area contributed by atoms with Gasteiger partial charge in [0.05, 0.1) is 16.6 Å². The van der Waals surface area contributed by atoms with E-state index in [1.54, 1.807) is 24.3 Å². The normalized spacial score (nSPS) is 14.2. The molecule has 0 bridgehead atoms. The lowest BCUT2D eigenvalue weighted by molar-refractivity contribution is -0.144. The van der Waals surface area contributed by atoms with Crippen molar-refractivity contribution in [3.8, 4) is 5.75 Å². The molecule has 1 N–H and O–H groups in total. The van der Waals surface area contributed by atoms with Crippen LogP contribution in [-0.2, 0) is 24.2 Å². The number of carboxylic acid groups (broad SMARTS) is 1. The van der Waals surface area contributed by atoms with Crippen LogP contribution in [0.3, 0.4) is 0 Å². The Morgan fingerprint density at radius 1 is 1.18 bits per heavy atom. The molecule has 178 valence electrons. The zero-order valence-electron chi connectivity index (χ0n) is 18.9. The first-order valence-electron chi connectivity index (χ1n) is 10.8. The standard InChI is InChI=1S/C22H22Cl2N2O5.C2H6/c1-14(21(27)28)30-17-9-5-15(6-10-17)3-2-4-20-25-26(22(29)31-20)13-16-7-11-18(23)19(24)12-8-16;1-2/h5-7,9-12,14H,2-4,8,13H2,1H3,(H,27,28);1-2H3. The van der Waals surface area contributed by atoms with Gasteiger partial charge in [-0.25, -0.2) is 9.59 Å². The number of carbonyl (C=O) groups is 1. The maximum Gasteiger partial charge on any atom is 0.437 e. The fraction of sp³-hybridized carbons (Fsp3) is 0.375. The highest BCUT2D eigenvalue weighted by Gasteiger charge is 2.13. The van der Waals surface area contributed by atoms with Gasteiger partial charge in [0, 0.05) is 6.42 Å². The van der Waals surface area contributed by atoms with Crippen molar-refractivity contribution in [3.05, 3.63) is 80.1 Å². The molecule has 0 spiro atoms. The summed E-state index contributed by atoms with van der Waals surface area (Å²) in [5.41, 5.74) is 2.00. The van der Waals surface area contributed by atoms with Gasteiger partial charge in [0.15, 0.2) is 6.10 Å². The third-order valence-electron chi connectivity index (χ3n) is 4.68. The summed E-state index contributed by atoms with van der Waals surface area (Å²) < 4.78 is 11.9. The molecule has 0 saturated carbocycles. The second-order valence-electron chi connectivity index (χ2n) is 7.11. The van der Waals surface area contributed by atoms with Gasteiger partial charge >= 0.3 is 11.7 Å². The molecule has 1 aromatic heterocycles. The smallest absolute Gasteiger partial charge is 0.437 e. The molecular formula is C24H28Cl2N2O5. The molecule has 1 atom stereocenters. The second kappa shape index (κ2) is 13.1. The van der Waals surface area contributed by atoms with Crippen LogP contribution in [0, 0.1) is 0 Å². The van der Waals surface area contributed by atoms with Gasteiger partial charge in [-0.1, -0.05) is 61.3 Å². The molecule has 33 heavy (non-hydrogen) atoms. The van der Waals surface area contributed by atoms with E-state index in [9.17, 15) is 9.59 Å². The molecule has 1 unspecified atom stereocenters. The Bertz CT molecular complexity index is 1080. The van der Waals surface area contributed by atoms with E-state index in [2.05, 4.69) is 5.10 Å². The topological polar surface area (TPSA) is 94.6 Å². The Hall–Kier alpha value is -2.77. The highest BCUT2D eigenvalue weighted by molar-refractivity contribution is 6.44. The molecule has 1 aliphatic carbocycles. The van der Waals surface area contributed by atoms with Crippen molar-refractivity contribution in [3.63, 3.8) is 0 Å². The predicted molar refractivity (Wildman–Crippen MR) is 129 cm³/mol. The molecule has 0 amide bonds. The molecule has 0 radical (unpaired) electrons. The number of rotatable bonds is 9. The number of carboxylic acids is 1. The van der Waals surface area contributed by atoms with Gasteiger partial charge in [0.1, 0.15) is 5.75 Å². The minimum Gasteiger partial charge on any atom is -0.479 e. The number of hydrogen-bond donors (Lipinski definition) is 1. The molecule has 0 aliphatic heterocycles. The largest absolute Gasteiger partial charge is 0.479 e. The number of aliphatic carboxylic acids is 1. The van der Waals surface area contributed by atoms with Crippen LogP contribution in [0.2, 0.25) is 0 Å². The predicted octanol–water partition coefficient (Wildman–Crippen LogP) is 5.47. The Morgan fingerprint density at radius 3 is 2.55 bits per heavy atom. The number of allylic oxidation sites excluding steroid dienone is 6. The van der Waals surface area contributed by atoms with Crippen LogP contribution in [0.15, 0.2) is 67.3 Å². The molecule has 0 fully saturated rings. The minimum absolute atomic E-state index is 0.305. The molecule has 0 saturated heterocycles. The summed E-state index contributed by atoms with van der Waals surface area (Å²) in [7, 11) is 0. The summed E-state index contributed by atoms with van der Waals surface area (Å²) in [6.07, 6.45) is 7.02. The third-order valence-corrected chi connectivity index (χ3v) is 5.46. The number of aryl methyl sites for hydroxylation is 2. The van der Waals surface area contributed by atoms with Crippen molar-refractivity contribution >= 4 is 29.2 Å². The van der Waals surface area contributed by atoms with Crippen LogP contribution in [-0.4, -0.2) is 27.0 Å². The summed E-state index contributed by atoms with van der Waals surface area (Å²) >= 11 is 12.0. The maximum absolute atomic E-state index is 12.1. The summed E-state index contributed by atoms with van der Waals surface area (Å²) in [6, 6.07) is 7.25. The van der Waals surface area contributed by atoms with E-state index < -0.39 is 17.8 Å². The van der Waals surface area contributed by atoms with E-state index in [-0.39, 0.29) is 0 Å². The van der Waals surface area contributed by atoms with Gasteiger partial charge in [-0.05, 0) is 55.5 Å². The van der Waals surface area contributed by atoms with E-state index in [1.165, 1.54) is 11.6 Å². The average molecular weight is 495 g/mol. The number of nitrogens with zero attached hydrogens (tertiary/aromatic N) is 2. The molecule has 1 aromatic carbocycles.